The number of hydrogen-bond acceptors (Lipinski definition) is 25. The van der Waals surface area contributed by atoms with Gasteiger partial charge in [0.2, 0.25) is 0 Å². The van der Waals surface area contributed by atoms with E-state index in [0.29, 0.717) is 11.1 Å². The fourth-order valence-electron chi connectivity index (χ4n) is 17.3. The first-order valence-electron chi connectivity index (χ1n) is 45.8. The third-order valence-electron chi connectivity index (χ3n) is 24.3. The monoisotopic (exact) mass is 1820 g/mol. The van der Waals surface area contributed by atoms with Gasteiger partial charge in [-0.05, 0) is 61.2 Å². The summed E-state index contributed by atoms with van der Waals surface area (Å²) in [5.41, 5.74) is 9.27. The van der Waals surface area contributed by atoms with Crippen LogP contribution in [0.15, 0.2) is 334 Å². The van der Waals surface area contributed by atoms with E-state index in [1.54, 1.807) is 0 Å². The predicted octanol–water partition coefficient (Wildman–Crippen LogP) is 13.8. The zero-order valence-corrected chi connectivity index (χ0v) is 74.4. The lowest BCUT2D eigenvalue weighted by Crippen LogP contribution is -2.68. The normalized spacial score (nSPS) is 28.9. The molecule has 0 aromatic heterocycles. The van der Waals surface area contributed by atoms with Crippen LogP contribution in [0.25, 0.3) is 0 Å². The maximum atomic E-state index is 13.8. The summed E-state index contributed by atoms with van der Waals surface area (Å²) < 4.78 is 142. The van der Waals surface area contributed by atoms with Crippen LogP contribution in [0.3, 0.4) is 0 Å². The molecule has 11 aromatic rings. The Kier molecular flexibility index (Phi) is 36.5. The van der Waals surface area contributed by atoms with Crippen molar-refractivity contribution in [2.24, 2.45) is 5.92 Å². The van der Waals surface area contributed by atoms with E-state index in [0.717, 1.165) is 50.1 Å². The molecule has 14 unspecified atom stereocenters. The van der Waals surface area contributed by atoms with Crippen molar-refractivity contribution in [1.29, 1.82) is 0 Å². The van der Waals surface area contributed by atoms with Gasteiger partial charge in [0.1, 0.15) is 110 Å². The van der Waals surface area contributed by atoms with Crippen LogP contribution in [0.5, 0.6) is 0 Å². The van der Waals surface area contributed by atoms with E-state index in [1.807, 2.05) is 341 Å². The first-order chi connectivity index (χ1) is 65.5. The molecule has 0 aliphatic carbocycles. The van der Waals surface area contributed by atoms with Crippen LogP contribution in [0, 0.1) is 5.92 Å². The summed E-state index contributed by atoms with van der Waals surface area (Å²) in [6.45, 7) is 1.43. The number of benzene rings is 11. The Balaban J connectivity index is 0.813. The Labute approximate surface area is 777 Å². The third kappa shape index (κ3) is 27.2. The van der Waals surface area contributed by atoms with Gasteiger partial charge >= 0.3 is 0 Å². The summed E-state index contributed by atoms with van der Waals surface area (Å²) in [6.07, 6.45) is -32.9. The minimum atomic E-state index is -1.96. The van der Waals surface area contributed by atoms with Gasteiger partial charge in [-0.3, -0.25) is 0 Å². The molecule has 11 aromatic carbocycles. The van der Waals surface area contributed by atoms with E-state index >= 15 is 0 Å². The second-order valence-electron chi connectivity index (χ2n) is 34.0. The molecule has 16 rings (SSSR count). The van der Waals surface area contributed by atoms with Crippen LogP contribution < -0.4 is 0 Å². The fourth-order valence-corrected chi connectivity index (χ4v) is 17.3. The first kappa shape index (κ1) is 96.5. The average Bonchev–Trinajstić information content (AvgIpc) is 0.761. The van der Waals surface area contributed by atoms with Crippen molar-refractivity contribution in [2.75, 3.05) is 33.0 Å². The van der Waals surface area contributed by atoms with Gasteiger partial charge in [0.25, 0.3) is 0 Å². The molecule has 25 heteroatoms. The summed E-state index contributed by atoms with van der Waals surface area (Å²) in [5.74, 6) is -0.663. The van der Waals surface area contributed by atoms with Crippen molar-refractivity contribution in [2.45, 2.75) is 227 Å². The Morgan fingerprint density at radius 2 is 0.436 bits per heavy atom. The van der Waals surface area contributed by atoms with Crippen LogP contribution in [-0.2, 0) is 167 Å². The zero-order valence-electron chi connectivity index (χ0n) is 74.4. The van der Waals surface area contributed by atoms with Crippen molar-refractivity contribution < 1.29 is 120 Å². The lowest BCUT2D eigenvalue weighted by molar-refractivity contribution is -0.395. The van der Waals surface area contributed by atoms with E-state index in [9.17, 15) is 25.5 Å². The van der Waals surface area contributed by atoms with Crippen molar-refractivity contribution in [3.8, 4) is 0 Å². The van der Waals surface area contributed by atoms with Crippen LogP contribution in [0.1, 0.15) is 68.1 Å². The lowest BCUT2D eigenvalue weighted by Gasteiger charge is -2.51. The SMILES string of the molecule is CC1C(OCc2ccccc2)[C@H](OCc2ccccc2)C(COCc2ccccc2)O[C@H]1OC1C(OCc2ccccc2)[C@H](OCc2ccccc2)C(COCc2ccccc2)O[C@@H]1OCC1O[C@@H](O[C@@H]2C(CO)O[C@@H](O)C(O)C2OCc2ccccc2)C(O)C(O[C@@H]2OC(COCc3ccccc3)[C@H](OCc3ccccc3)[C@@H](OCc3ccccc3)C2O)[C@@H]1OCc1ccccc1. The van der Waals surface area contributed by atoms with E-state index < -0.39 is 167 Å². The highest BCUT2D eigenvalue weighted by molar-refractivity contribution is 5.23. The standard InChI is InChI=1S/C108H120O25/c1-73-93(117-61-77-41-19-5-20-42-77)94(118-62-78-43-21-6-22-44-78)86(69-114-58-74-35-13-2-14-36-74)127-105(73)133-103-102(124-68-84-55-33-12-34-56-84)97(121-65-81-49-27-9-28-50-81)88(71-116-60-76-39-17-4-18-40-76)130-108(103)125-72-89-96(120-64-80-47-25-8-26-48-80)101(92(112)107(129-89)131-98-85(57-109)126-104(113)90(110)99(98)122-66-82-51-29-10-30-52-82)132-106-91(111)100(123-67-83-53-31-11-32-54-83)95(119-63-79-45-23-7-24-46-79)87(128-106)70-115-59-75-37-15-3-16-38-75/h2-56,73,85-113H,57-72H2,1H3/t73?,85?,86?,87?,88?,89?,90?,91?,92?,93?,94-,95+,96-,97-,98-,99?,100+,101?,102?,103?,104-,105+,106+,107+,108+/m1/s1. The fraction of sp³-hybridized carbons (Fsp3) is 0.389. The van der Waals surface area contributed by atoms with Crippen LogP contribution in [0.4, 0.5) is 0 Å². The van der Waals surface area contributed by atoms with Gasteiger partial charge in [0.05, 0.1) is 112 Å². The second kappa shape index (κ2) is 50.3. The van der Waals surface area contributed by atoms with Crippen LogP contribution in [-0.4, -0.2) is 206 Å². The number of aliphatic hydroxyl groups excluding tert-OH is 5. The molecule has 0 saturated carbocycles. The van der Waals surface area contributed by atoms with Crippen molar-refractivity contribution in [1.82, 2.24) is 0 Å². The molecule has 5 fully saturated rings. The van der Waals surface area contributed by atoms with Gasteiger partial charge in [-0.2, -0.15) is 0 Å². The topological polar surface area (TPSA) is 286 Å². The minimum Gasteiger partial charge on any atom is -0.394 e. The number of hydrogen-bond donors (Lipinski definition) is 5. The molecule has 0 radical (unpaired) electrons. The molecule has 5 aliphatic rings. The smallest absolute Gasteiger partial charge is 0.187 e. The molecule has 5 saturated heterocycles. The molecule has 133 heavy (non-hydrogen) atoms. The summed E-state index contributed by atoms with van der Waals surface area (Å²) in [6, 6.07) is 106. The van der Waals surface area contributed by atoms with Gasteiger partial charge in [0.15, 0.2) is 31.5 Å². The zero-order chi connectivity index (χ0) is 91.1. The highest BCUT2D eigenvalue weighted by atomic mass is 16.8. The van der Waals surface area contributed by atoms with E-state index in [4.69, 9.17) is 94.7 Å². The highest BCUT2D eigenvalue weighted by Crippen LogP contribution is 2.42. The Hall–Kier alpha value is -9.58. The largest absolute Gasteiger partial charge is 0.394 e. The minimum absolute atomic E-state index is 0.00744. The molecule has 25 atom stereocenters. The summed E-state index contributed by atoms with van der Waals surface area (Å²) >= 11 is 0. The number of rotatable bonds is 46. The van der Waals surface area contributed by atoms with E-state index in [1.165, 1.54) is 0 Å². The van der Waals surface area contributed by atoms with Crippen LogP contribution >= 0.6 is 0 Å². The highest BCUT2D eigenvalue weighted by Gasteiger charge is 2.58. The van der Waals surface area contributed by atoms with E-state index in [-0.39, 0.29) is 92.5 Å². The van der Waals surface area contributed by atoms with Crippen molar-refractivity contribution >= 4 is 0 Å². The van der Waals surface area contributed by atoms with Gasteiger partial charge in [-0.1, -0.05) is 341 Å². The first-order valence-corrected chi connectivity index (χ1v) is 45.8. The maximum absolute atomic E-state index is 13.8. The molecule has 702 valence electrons. The lowest BCUT2D eigenvalue weighted by atomic mass is 9.91. The molecule has 5 heterocycles. The van der Waals surface area contributed by atoms with Gasteiger partial charge in [0, 0.05) is 5.92 Å². The maximum Gasteiger partial charge on any atom is 0.187 e. The quantitative estimate of drug-likeness (QED) is 0.0237. The number of aliphatic hydroxyl groups is 5. The Bertz CT molecular complexity index is 5050. The summed E-state index contributed by atoms with van der Waals surface area (Å²) in [4.78, 5) is 0. The summed E-state index contributed by atoms with van der Waals surface area (Å²) in [7, 11) is 0. The van der Waals surface area contributed by atoms with Crippen molar-refractivity contribution in [3.63, 3.8) is 0 Å². The second-order valence-corrected chi connectivity index (χ2v) is 34.0. The average molecular weight is 1820 g/mol. The summed E-state index contributed by atoms with van der Waals surface area (Å²) in [5, 5.41) is 62.3. The molecule has 0 spiro atoms. The molecule has 0 bridgehead atoms. The van der Waals surface area contributed by atoms with Gasteiger partial charge < -0.3 is 120 Å². The predicted molar refractivity (Wildman–Crippen MR) is 489 cm³/mol. The molecular formula is C108H120O25. The molecule has 5 N–H and O–H groups in total. The van der Waals surface area contributed by atoms with E-state index in [2.05, 4.69) is 0 Å². The Morgan fingerprint density at radius 3 is 0.767 bits per heavy atom. The molecule has 5 aliphatic heterocycles. The van der Waals surface area contributed by atoms with Crippen LogP contribution in [0.2, 0.25) is 0 Å². The van der Waals surface area contributed by atoms with Gasteiger partial charge in [-0.15, -0.1) is 0 Å². The number of ether oxygens (including phenoxy) is 20. The molecule has 0 amide bonds. The van der Waals surface area contributed by atoms with Crippen molar-refractivity contribution in [3.05, 3.63) is 395 Å². The third-order valence-corrected chi connectivity index (χ3v) is 24.3. The molecular weight excluding hydrogens is 1700 g/mol. The van der Waals surface area contributed by atoms with Gasteiger partial charge in [-0.25, -0.2) is 0 Å². The Morgan fingerprint density at radius 1 is 0.203 bits per heavy atom. The molecule has 25 nitrogen and oxygen atoms in total.